The number of carbonyl (C=O) groups excluding carboxylic acids is 1. The van der Waals surface area contributed by atoms with Crippen molar-refractivity contribution in [2.45, 2.75) is 31.1 Å². The summed E-state index contributed by atoms with van der Waals surface area (Å²) in [7, 11) is 3.10. The maximum Gasteiger partial charge on any atom is 0.258 e. The SMILES string of the molecule is COc1cccc(OC)c1C(=O)NCC1CCC(Cl)CC1. The molecule has 0 bridgehead atoms. The number of rotatable bonds is 5. The second-order valence-electron chi connectivity index (χ2n) is 5.37. The Hall–Kier alpha value is -1.42. The highest BCUT2D eigenvalue weighted by Gasteiger charge is 2.22. The summed E-state index contributed by atoms with van der Waals surface area (Å²) in [5.41, 5.74) is 0.452. The largest absolute Gasteiger partial charge is 0.496 e. The summed E-state index contributed by atoms with van der Waals surface area (Å²) in [6.45, 7) is 0.670. The van der Waals surface area contributed by atoms with Gasteiger partial charge in [0.05, 0.1) is 14.2 Å². The molecule has 5 heteroatoms. The Morgan fingerprint density at radius 1 is 1.19 bits per heavy atom. The molecule has 4 nitrogen and oxygen atoms in total. The van der Waals surface area contributed by atoms with E-state index < -0.39 is 0 Å². The van der Waals surface area contributed by atoms with E-state index in [-0.39, 0.29) is 5.91 Å². The van der Waals surface area contributed by atoms with Crippen molar-refractivity contribution in [3.63, 3.8) is 0 Å². The van der Waals surface area contributed by atoms with Crippen LogP contribution in [-0.2, 0) is 0 Å². The van der Waals surface area contributed by atoms with Gasteiger partial charge >= 0.3 is 0 Å². The first-order chi connectivity index (χ1) is 10.2. The fraction of sp³-hybridized carbons (Fsp3) is 0.562. The second kappa shape index (κ2) is 7.55. The number of amides is 1. The zero-order valence-corrected chi connectivity index (χ0v) is 13.3. The molecule has 0 atom stereocenters. The molecule has 0 aliphatic heterocycles. The van der Waals surface area contributed by atoms with Crippen LogP contribution in [0.1, 0.15) is 36.0 Å². The first-order valence-electron chi connectivity index (χ1n) is 7.29. The Morgan fingerprint density at radius 3 is 2.29 bits per heavy atom. The second-order valence-corrected chi connectivity index (χ2v) is 5.98. The van der Waals surface area contributed by atoms with Crippen molar-refractivity contribution in [2.75, 3.05) is 20.8 Å². The quantitative estimate of drug-likeness (QED) is 0.849. The van der Waals surface area contributed by atoms with E-state index in [0.29, 0.717) is 34.9 Å². The van der Waals surface area contributed by atoms with Gasteiger partial charge in [0, 0.05) is 11.9 Å². The van der Waals surface area contributed by atoms with Crippen LogP contribution in [0.5, 0.6) is 11.5 Å². The van der Waals surface area contributed by atoms with Crippen molar-refractivity contribution in [3.05, 3.63) is 23.8 Å². The van der Waals surface area contributed by atoms with Crippen LogP contribution in [0.15, 0.2) is 18.2 Å². The number of carbonyl (C=O) groups is 1. The van der Waals surface area contributed by atoms with Crippen LogP contribution in [0.2, 0.25) is 0 Å². The summed E-state index contributed by atoms with van der Waals surface area (Å²) < 4.78 is 10.5. The summed E-state index contributed by atoms with van der Waals surface area (Å²) in [6.07, 6.45) is 4.19. The molecule has 0 aromatic heterocycles. The molecule has 1 amide bonds. The lowest BCUT2D eigenvalue weighted by molar-refractivity contribution is 0.0937. The van der Waals surface area contributed by atoms with E-state index in [1.165, 1.54) is 0 Å². The minimum atomic E-state index is -0.155. The van der Waals surface area contributed by atoms with Gasteiger partial charge in [0.1, 0.15) is 17.1 Å². The standard InChI is InChI=1S/C16H22ClNO3/c1-20-13-4-3-5-14(21-2)15(13)16(19)18-10-11-6-8-12(17)9-7-11/h3-5,11-12H,6-10H2,1-2H3,(H,18,19). The molecule has 0 saturated heterocycles. The third kappa shape index (κ3) is 4.03. The van der Waals surface area contributed by atoms with Crippen molar-refractivity contribution in [1.82, 2.24) is 5.32 Å². The Balaban J connectivity index is 2.00. The smallest absolute Gasteiger partial charge is 0.258 e. The van der Waals surface area contributed by atoms with Crippen LogP contribution >= 0.6 is 11.6 Å². The molecular formula is C16H22ClNO3. The van der Waals surface area contributed by atoms with Gasteiger partial charge in [-0.05, 0) is 43.7 Å². The van der Waals surface area contributed by atoms with Gasteiger partial charge in [-0.25, -0.2) is 0 Å². The fourth-order valence-electron chi connectivity index (χ4n) is 2.73. The predicted molar refractivity (Wildman–Crippen MR) is 83.5 cm³/mol. The first kappa shape index (κ1) is 16.0. The normalized spacial score (nSPS) is 21.7. The van der Waals surface area contributed by atoms with Crippen LogP contribution in [0.4, 0.5) is 0 Å². The summed E-state index contributed by atoms with van der Waals surface area (Å²) in [4.78, 5) is 12.4. The Morgan fingerprint density at radius 2 is 1.76 bits per heavy atom. The molecule has 1 N–H and O–H groups in total. The minimum Gasteiger partial charge on any atom is -0.496 e. The van der Waals surface area contributed by atoms with Gasteiger partial charge in [0.15, 0.2) is 0 Å². The molecule has 0 radical (unpaired) electrons. The highest BCUT2D eigenvalue weighted by molar-refractivity contribution is 6.20. The number of hydrogen-bond donors (Lipinski definition) is 1. The van der Waals surface area contributed by atoms with Crippen molar-refractivity contribution >= 4 is 17.5 Å². The summed E-state index contributed by atoms with van der Waals surface area (Å²) in [5.74, 6) is 1.40. The minimum absolute atomic E-state index is 0.155. The van der Waals surface area contributed by atoms with Crippen molar-refractivity contribution in [3.8, 4) is 11.5 Å². The summed E-state index contributed by atoms with van der Waals surface area (Å²) in [6, 6.07) is 5.32. The van der Waals surface area contributed by atoms with Gasteiger partial charge < -0.3 is 14.8 Å². The van der Waals surface area contributed by atoms with Gasteiger partial charge in [-0.15, -0.1) is 11.6 Å². The van der Waals surface area contributed by atoms with Crippen LogP contribution < -0.4 is 14.8 Å². The van der Waals surface area contributed by atoms with E-state index in [2.05, 4.69) is 5.32 Å². The fourth-order valence-corrected chi connectivity index (χ4v) is 2.98. The van der Waals surface area contributed by atoms with E-state index in [4.69, 9.17) is 21.1 Å². The lowest BCUT2D eigenvalue weighted by Crippen LogP contribution is -2.31. The molecule has 1 aromatic rings. The number of benzene rings is 1. The number of halogens is 1. The molecule has 2 rings (SSSR count). The monoisotopic (exact) mass is 311 g/mol. The molecule has 1 aromatic carbocycles. The van der Waals surface area contributed by atoms with Gasteiger partial charge in [-0.2, -0.15) is 0 Å². The molecule has 0 unspecified atom stereocenters. The van der Waals surface area contributed by atoms with Crippen molar-refractivity contribution in [2.24, 2.45) is 5.92 Å². The average molecular weight is 312 g/mol. The van der Waals surface area contributed by atoms with Gasteiger partial charge in [-0.3, -0.25) is 4.79 Å². The maximum absolute atomic E-state index is 12.4. The van der Waals surface area contributed by atoms with Gasteiger partial charge in [0.25, 0.3) is 5.91 Å². The number of methoxy groups -OCH3 is 2. The topological polar surface area (TPSA) is 47.6 Å². The summed E-state index contributed by atoms with van der Waals surface area (Å²) >= 11 is 6.10. The zero-order chi connectivity index (χ0) is 15.2. The molecule has 0 spiro atoms. The lowest BCUT2D eigenvalue weighted by Gasteiger charge is -2.25. The number of hydrogen-bond acceptors (Lipinski definition) is 3. The molecule has 1 aliphatic rings. The van der Waals surface area contributed by atoms with Crippen LogP contribution in [0, 0.1) is 5.92 Å². The highest BCUT2D eigenvalue weighted by atomic mass is 35.5. The molecule has 1 fully saturated rings. The van der Waals surface area contributed by atoms with Crippen LogP contribution in [0.25, 0.3) is 0 Å². The third-order valence-electron chi connectivity index (χ3n) is 3.98. The zero-order valence-electron chi connectivity index (χ0n) is 12.5. The number of nitrogens with one attached hydrogen (secondary N) is 1. The van der Waals surface area contributed by atoms with Crippen LogP contribution in [0.3, 0.4) is 0 Å². The highest BCUT2D eigenvalue weighted by Crippen LogP contribution is 2.29. The first-order valence-corrected chi connectivity index (χ1v) is 7.72. The average Bonchev–Trinajstić information content (AvgIpc) is 2.53. The molecule has 1 saturated carbocycles. The van der Waals surface area contributed by atoms with E-state index >= 15 is 0 Å². The number of ether oxygens (including phenoxy) is 2. The molecule has 1 aliphatic carbocycles. The van der Waals surface area contributed by atoms with E-state index in [1.54, 1.807) is 32.4 Å². The van der Waals surface area contributed by atoms with E-state index in [9.17, 15) is 4.79 Å². The lowest BCUT2D eigenvalue weighted by atomic mass is 9.89. The Kier molecular flexibility index (Phi) is 5.74. The Bertz CT molecular complexity index is 462. The molecular weight excluding hydrogens is 290 g/mol. The molecule has 21 heavy (non-hydrogen) atoms. The van der Waals surface area contributed by atoms with E-state index in [1.807, 2.05) is 0 Å². The maximum atomic E-state index is 12.4. The van der Waals surface area contributed by atoms with E-state index in [0.717, 1.165) is 25.7 Å². The van der Waals surface area contributed by atoms with Crippen molar-refractivity contribution in [1.29, 1.82) is 0 Å². The predicted octanol–water partition coefficient (Wildman–Crippen LogP) is 3.23. The van der Waals surface area contributed by atoms with Crippen molar-refractivity contribution < 1.29 is 14.3 Å². The van der Waals surface area contributed by atoms with Gasteiger partial charge in [-0.1, -0.05) is 6.07 Å². The Labute approximate surface area is 130 Å². The molecule has 116 valence electrons. The van der Waals surface area contributed by atoms with Crippen LogP contribution in [-0.4, -0.2) is 32.0 Å². The third-order valence-corrected chi connectivity index (χ3v) is 4.42. The number of alkyl halides is 1. The molecule has 0 heterocycles. The summed E-state index contributed by atoms with van der Waals surface area (Å²) in [5, 5.41) is 3.29. The van der Waals surface area contributed by atoms with Gasteiger partial charge in [0.2, 0.25) is 0 Å².